The third-order valence-electron chi connectivity index (χ3n) is 4.61. The van der Waals surface area contributed by atoms with E-state index in [0.717, 1.165) is 22.6 Å². The fraction of sp³-hybridized carbons (Fsp3) is 0.333. The predicted molar refractivity (Wildman–Crippen MR) is 148 cm³/mol. The van der Waals surface area contributed by atoms with E-state index < -0.39 is 0 Å². The molecule has 9 nitrogen and oxygen atoms in total. The Hall–Kier alpha value is -3.28. The number of hydrogen-bond acceptors (Lipinski definition) is 7. The van der Waals surface area contributed by atoms with Crippen LogP contribution in [0.5, 0.6) is 11.5 Å². The van der Waals surface area contributed by atoms with Crippen LogP contribution in [-0.2, 0) is 17.8 Å². The number of thiocarbonyl (C=S) groups is 2. The van der Waals surface area contributed by atoms with Crippen LogP contribution in [0.1, 0.15) is 24.5 Å². The highest BCUT2D eigenvalue weighted by atomic mass is 32.1. The van der Waals surface area contributed by atoms with Crippen molar-refractivity contribution in [3.05, 3.63) is 59.7 Å². The van der Waals surface area contributed by atoms with Gasteiger partial charge in [-0.3, -0.25) is 10.9 Å². The lowest BCUT2D eigenvalue weighted by Gasteiger charge is -2.09. The van der Waals surface area contributed by atoms with Crippen molar-refractivity contribution in [2.75, 3.05) is 27.4 Å². The van der Waals surface area contributed by atoms with Crippen molar-refractivity contribution >= 4 is 46.6 Å². The van der Waals surface area contributed by atoms with Gasteiger partial charge in [-0.2, -0.15) is 10.2 Å². The molecular weight excluding hydrogens is 484 g/mol. The molecule has 2 aromatic rings. The highest BCUT2D eigenvalue weighted by Gasteiger charge is 2.01. The maximum Gasteiger partial charge on any atom is 0.187 e. The van der Waals surface area contributed by atoms with Gasteiger partial charge in [0, 0.05) is 26.1 Å². The fourth-order valence-corrected chi connectivity index (χ4v) is 2.93. The average Bonchev–Trinajstić information content (AvgIpc) is 2.89. The summed E-state index contributed by atoms with van der Waals surface area (Å²) in [5.41, 5.74) is 8.43. The Kier molecular flexibility index (Phi) is 13.1. The highest BCUT2D eigenvalue weighted by Crippen LogP contribution is 2.11. The van der Waals surface area contributed by atoms with E-state index in [9.17, 15) is 0 Å². The Bertz CT molecular complexity index is 982. The van der Waals surface area contributed by atoms with E-state index >= 15 is 0 Å². The van der Waals surface area contributed by atoms with Crippen LogP contribution in [0.25, 0.3) is 0 Å². The van der Waals surface area contributed by atoms with Gasteiger partial charge in [-0.1, -0.05) is 24.3 Å². The summed E-state index contributed by atoms with van der Waals surface area (Å²) in [7, 11) is 3.28. The second kappa shape index (κ2) is 16.4. The number of nitrogens with one attached hydrogen (secondary N) is 4. The topological polar surface area (TPSA) is 101 Å². The molecule has 0 heterocycles. The maximum atomic E-state index is 5.43. The van der Waals surface area contributed by atoms with E-state index in [2.05, 4.69) is 31.7 Å². The number of benzene rings is 2. The van der Waals surface area contributed by atoms with Gasteiger partial charge in [-0.25, -0.2) is 0 Å². The Morgan fingerprint density at radius 1 is 0.829 bits per heavy atom. The van der Waals surface area contributed by atoms with Crippen LogP contribution in [0.15, 0.2) is 58.7 Å². The quantitative estimate of drug-likeness (QED) is 0.138. The van der Waals surface area contributed by atoms with Crippen LogP contribution < -0.4 is 31.0 Å². The first-order valence-corrected chi connectivity index (χ1v) is 11.9. The first-order chi connectivity index (χ1) is 17.0. The summed E-state index contributed by atoms with van der Waals surface area (Å²) in [6, 6.07) is 15.5. The lowest BCUT2D eigenvalue weighted by Crippen LogP contribution is -2.33. The smallest absolute Gasteiger partial charge is 0.187 e. The van der Waals surface area contributed by atoms with Crippen molar-refractivity contribution in [3.8, 4) is 11.5 Å². The molecule has 2 aromatic carbocycles. The van der Waals surface area contributed by atoms with Crippen molar-refractivity contribution < 1.29 is 14.2 Å². The molecule has 0 fully saturated rings. The molecule has 35 heavy (non-hydrogen) atoms. The normalized spacial score (nSPS) is 11.1. The van der Waals surface area contributed by atoms with Crippen LogP contribution in [0, 0.1) is 0 Å². The third-order valence-corrected chi connectivity index (χ3v) is 5.08. The standard InChI is InChI=1S/C24H32N6O3S2/c1-4-33-14-13-20(28-30-24(35)26-16-19-7-11-22(32-3)12-8-19)17-27-29-23(34)25-15-18-5-9-21(31-2)10-6-18/h5-12,17H,4,13-16H2,1-3H3,(H2,25,29,34)(H2,26,30,35)/b27-17-,28-20+. The van der Waals surface area contributed by atoms with Crippen molar-refractivity contribution in [3.63, 3.8) is 0 Å². The van der Waals surface area contributed by atoms with E-state index in [4.69, 9.17) is 38.6 Å². The summed E-state index contributed by atoms with van der Waals surface area (Å²) in [6.45, 7) is 4.19. The summed E-state index contributed by atoms with van der Waals surface area (Å²) >= 11 is 10.6. The van der Waals surface area contributed by atoms with E-state index in [1.54, 1.807) is 20.4 Å². The summed E-state index contributed by atoms with van der Waals surface area (Å²) in [4.78, 5) is 0. The minimum absolute atomic E-state index is 0.394. The molecule has 4 N–H and O–H groups in total. The van der Waals surface area contributed by atoms with Gasteiger partial charge in [-0.05, 0) is 66.8 Å². The summed E-state index contributed by atoms with van der Waals surface area (Å²) in [5.74, 6) is 1.61. The SMILES string of the molecule is CCOCCC(/C=N\NC(=S)NCc1ccc(OC)cc1)=N\NC(=S)NCc1ccc(OC)cc1. The van der Waals surface area contributed by atoms with Gasteiger partial charge in [-0.15, -0.1) is 0 Å². The van der Waals surface area contributed by atoms with Crippen LogP contribution in [0.2, 0.25) is 0 Å². The van der Waals surface area contributed by atoms with Crippen molar-refractivity contribution in [2.45, 2.75) is 26.4 Å². The minimum Gasteiger partial charge on any atom is -0.497 e. The van der Waals surface area contributed by atoms with Crippen LogP contribution in [-0.4, -0.2) is 49.6 Å². The molecule has 0 aliphatic carbocycles. The highest BCUT2D eigenvalue weighted by molar-refractivity contribution is 7.80. The fourth-order valence-electron chi connectivity index (χ4n) is 2.69. The molecule has 2 rings (SSSR count). The Morgan fingerprint density at radius 2 is 1.34 bits per heavy atom. The Balaban J connectivity index is 1.81. The average molecular weight is 517 g/mol. The molecule has 188 valence electrons. The van der Waals surface area contributed by atoms with Gasteiger partial charge in [0.15, 0.2) is 10.2 Å². The molecule has 0 saturated carbocycles. The molecule has 0 atom stereocenters. The zero-order chi connectivity index (χ0) is 25.3. The first kappa shape index (κ1) is 28.0. The van der Waals surface area contributed by atoms with Crippen LogP contribution in [0.4, 0.5) is 0 Å². The van der Waals surface area contributed by atoms with Gasteiger partial charge in [0.05, 0.1) is 32.8 Å². The second-order valence-electron chi connectivity index (χ2n) is 7.09. The summed E-state index contributed by atoms with van der Waals surface area (Å²) in [6.07, 6.45) is 2.14. The molecule has 0 aliphatic heterocycles. The van der Waals surface area contributed by atoms with E-state index in [0.29, 0.717) is 48.7 Å². The molecule has 0 bridgehead atoms. The molecule has 0 aromatic heterocycles. The lowest BCUT2D eigenvalue weighted by atomic mass is 10.2. The zero-order valence-electron chi connectivity index (χ0n) is 20.2. The second-order valence-corrected chi connectivity index (χ2v) is 7.91. The van der Waals surface area contributed by atoms with E-state index in [1.807, 2.05) is 55.5 Å². The minimum atomic E-state index is 0.394. The molecule has 0 spiro atoms. The number of hydrogen-bond donors (Lipinski definition) is 4. The largest absolute Gasteiger partial charge is 0.497 e. The molecule has 0 aliphatic rings. The van der Waals surface area contributed by atoms with Crippen LogP contribution >= 0.6 is 24.4 Å². The lowest BCUT2D eigenvalue weighted by molar-refractivity contribution is 0.155. The number of ether oxygens (including phenoxy) is 3. The summed E-state index contributed by atoms with van der Waals surface area (Å²) < 4.78 is 15.8. The Labute approximate surface area is 217 Å². The molecule has 0 radical (unpaired) electrons. The van der Waals surface area contributed by atoms with E-state index in [-0.39, 0.29) is 0 Å². The van der Waals surface area contributed by atoms with Crippen molar-refractivity contribution in [1.29, 1.82) is 0 Å². The van der Waals surface area contributed by atoms with E-state index in [1.165, 1.54) is 0 Å². The summed E-state index contributed by atoms with van der Waals surface area (Å²) in [5, 5.41) is 15.5. The van der Waals surface area contributed by atoms with Crippen molar-refractivity contribution in [1.82, 2.24) is 21.5 Å². The van der Waals surface area contributed by atoms with Gasteiger partial charge < -0.3 is 24.8 Å². The maximum absolute atomic E-state index is 5.43. The number of rotatable bonds is 13. The molecular formula is C24H32N6O3S2. The number of methoxy groups -OCH3 is 2. The monoisotopic (exact) mass is 516 g/mol. The number of nitrogens with zero attached hydrogens (tertiary/aromatic N) is 2. The predicted octanol–water partition coefficient (Wildman–Crippen LogP) is 3.10. The van der Waals surface area contributed by atoms with Crippen molar-refractivity contribution in [2.24, 2.45) is 10.2 Å². The molecule has 11 heteroatoms. The van der Waals surface area contributed by atoms with Crippen LogP contribution in [0.3, 0.4) is 0 Å². The first-order valence-electron chi connectivity index (χ1n) is 11.0. The van der Waals surface area contributed by atoms with Gasteiger partial charge in [0.2, 0.25) is 0 Å². The third kappa shape index (κ3) is 11.6. The van der Waals surface area contributed by atoms with Gasteiger partial charge in [0.25, 0.3) is 0 Å². The zero-order valence-corrected chi connectivity index (χ0v) is 21.8. The molecule has 0 saturated heterocycles. The molecule has 0 unspecified atom stereocenters. The van der Waals surface area contributed by atoms with Gasteiger partial charge in [0.1, 0.15) is 11.5 Å². The number of hydrazone groups is 2. The Morgan fingerprint density at radius 3 is 1.83 bits per heavy atom. The molecule has 0 amide bonds. The van der Waals surface area contributed by atoms with Gasteiger partial charge >= 0.3 is 0 Å².